The highest BCUT2D eigenvalue weighted by atomic mass is 15.3. The van der Waals surface area contributed by atoms with Crippen LogP contribution in [0.3, 0.4) is 0 Å². The SMILES string of the molecule is C=C(N1CCCCCC1)N1CCCCCC1. The fourth-order valence-corrected chi connectivity index (χ4v) is 2.86. The Balaban J connectivity index is 1.88. The minimum atomic E-state index is 1.23. The van der Waals surface area contributed by atoms with Crippen LogP contribution in [0, 0.1) is 0 Å². The Labute approximate surface area is 100 Å². The Morgan fingerprint density at radius 1 is 0.562 bits per heavy atom. The molecule has 2 rings (SSSR count). The summed E-state index contributed by atoms with van der Waals surface area (Å²) in [5, 5.41) is 0. The third-order valence-corrected chi connectivity index (χ3v) is 3.94. The van der Waals surface area contributed by atoms with Crippen LogP contribution in [0.4, 0.5) is 0 Å². The van der Waals surface area contributed by atoms with Crippen molar-refractivity contribution in [2.45, 2.75) is 51.4 Å². The lowest BCUT2D eigenvalue weighted by molar-refractivity contribution is 0.219. The first-order valence-corrected chi connectivity index (χ1v) is 7.07. The van der Waals surface area contributed by atoms with Gasteiger partial charge in [0.25, 0.3) is 0 Å². The first-order chi connectivity index (χ1) is 7.88. The van der Waals surface area contributed by atoms with Gasteiger partial charge in [0, 0.05) is 26.2 Å². The second-order valence-electron chi connectivity index (χ2n) is 5.22. The number of nitrogens with zero attached hydrogens (tertiary/aromatic N) is 2. The summed E-state index contributed by atoms with van der Waals surface area (Å²) in [5.41, 5.74) is 0. The standard InChI is InChI=1S/C14H26N2/c1-14(15-10-6-2-3-7-11-15)16-12-8-4-5-9-13-16/h1-13H2. The van der Waals surface area contributed by atoms with Crippen molar-refractivity contribution < 1.29 is 0 Å². The molecular weight excluding hydrogens is 196 g/mol. The van der Waals surface area contributed by atoms with Crippen molar-refractivity contribution in [3.05, 3.63) is 12.4 Å². The summed E-state index contributed by atoms with van der Waals surface area (Å²) in [6.07, 6.45) is 11.0. The van der Waals surface area contributed by atoms with Crippen LogP contribution in [0.5, 0.6) is 0 Å². The molecule has 2 heteroatoms. The molecular formula is C14H26N2. The average Bonchev–Trinajstić information content (AvgIpc) is 2.73. The molecule has 2 heterocycles. The number of rotatable bonds is 2. The van der Waals surface area contributed by atoms with Gasteiger partial charge in [0.05, 0.1) is 5.82 Å². The predicted octanol–water partition coefficient (Wildman–Crippen LogP) is 3.21. The monoisotopic (exact) mass is 222 g/mol. The second kappa shape index (κ2) is 6.17. The molecule has 0 spiro atoms. The molecule has 0 aromatic carbocycles. The van der Waals surface area contributed by atoms with Gasteiger partial charge in [-0.15, -0.1) is 0 Å². The largest absolute Gasteiger partial charge is 0.359 e. The molecule has 0 atom stereocenters. The van der Waals surface area contributed by atoms with Crippen LogP contribution in [0.1, 0.15) is 51.4 Å². The van der Waals surface area contributed by atoms with Crippen LogP contribution < -0.4 is 0 Å². The number of likely N-dealkylation sites (tertiary alicyclic amines) is 2. The van der Waals surface area contributed by atoms with Gasteiger partial charge in [0.1, 0.15) is 0 Å². The summed E-state index contributed by atoms with van der Waals surface area (Å²) in [7, 11) is 0. The molecule has 16 heavy (non-hydrogen) atoms. The van der Waals surface area contributed by atoms with E-state index in [0.717, 1.165) is 0 Å². The molecule has 2 fully saturated rings. The van der Waals surface area contributed by atoms with Gasteiger partial charge in [-0.25, -0.2) is 0 Å². The highest BCUT2D eigenvalue weighted by molar-refractivity contribution is 4.95. The Morgan fingerprint density at radius 3 is 1.19 bits per heavy atom. The third kappa shape index (κ3) is 3.16. The van der Waals surface area contributed by atoms with Gasteiger partial charge < -0.3 is 9.80 Å². The highest BCUT2D eigenvalue weighted by Gasteiger charge is 2.17. The zero-order valence-electron chi connectivity index (χ0n) is 10.6. The summed E-state index contributed by atoms with van der Waals surface area (Å²) < 4.78 is 0. The summed E-state index contributed by atoms with van der Waals surface area (Å²) in [4.78, 5) is 5.05. The quantitative estimate of drug-likeness (QED) is 0.708. The van der Waals surface area contributed by atoms with E-state index in [1.165, 1.54) is 83.4 Å². The molecule has 0 aromatic rings. The molecule has 0 unspecified atom stereocenters. The molecule has 2 nitrogen and oxygen atoms in total. The Morgan fingerprint density at radius 2 is 0.875 bits per heavy atom. The van der Waals surface area contributed by atoms with Crippen LogP contribution >= 0.6 is 0 Å². The van der Waals surface area contributed by atoms with Crippen LogP contribution in [0.15, 0.2) is 12.4 Å². The van der Waals surface area contributed by atoms with E-state index in [1.54, 1.807) is 0 Å². The van der Waals surface area contributed by atoms with Crippen molar-refractivity contribution in [2.24, 2.45) is 0 Å². The van der Waals surface area contributed by atoms with E-state index >= 15 is 0 Å². The lowest BCUT2D eigenvalue weighted by atomic mass is 10.2. The maximum absolute atomic E-state index is 4.34. The maximum atomic E-state index is 4.34. The fourth-order valence-electron chi connectivity index (χ4n) is 2.86. The lowest BCUT2D eigenvalue weighted by Crippen LogP contribution is -2.36. The number of hydrogen-bond acceptors (Lipinski definition) is 2. The molecule has 0 saturated carbocycles. The smallest absolute Gasteiger partial charge is 0.0965 e. The first-order valence-electron chi connectivity index (χ1n) is 7.07. The summed E-state index contributed by atoms with van der Waals surface area (Å²) in [5.74, 6) is 1.31. The molecule has 0 aliphatic carbocycles. The van der Waals surface area contributed by atoms with Gasteiger partial charge >= 0.3 is 0 Å². The van der Waals surface area contributed by atoms with E-state index in [0.29, 0.717) is 0 Å². The van der Waals surface area contributed by atoms with Crippen LogP contribution in [0.25, 0.3) is 0 Å². The van der Waals surface area contributed by atoms with E-state index in [4.69, 9.17) is 0 Å². The van der Waals surface area contributed by atoms with Gasteiger partial charge in [0.2, 0.25) is 0 Å². The van der Waals surface area contributed by atoms with Crippen LogP contribution in [0.2, 0.25) is 0 Å². The minimum absolute atomic E-state index is 1.23. The Kier molecular flexibility index (Phi) is 4.55. The van der Waals surface area contributed by atoms with Crippen molar-refractivity contribution in [3.63, 3.8) is 0 Å². The van der Waals surface area contributed by atoms with E-state index in [1.807, 2.05) is 0 Å². The van der Waals surface area contributed by atoms with Crippen molar-refractivity contribution in [3.8, 4) is 0 Å². The van der Waals surface area contributed by atoms with E-state index in [-0.39, 0.29) is 0 Å². The zero-order valence-corrected chi connectivity index (χ0v) is 10.6. The molecule has 2 aliphatic rings. The number of hydrogen-bond donors (Lipinski definition) is 0. The molecule has 0 radical (unpaired) electrons. The van der Waals surface area contributed by atoms with E-state index < -0.39 is 0 Å². The van der Waals surface area contributed by atoms with Crippen molar-refractivity contribution in [1.82, 2.24) is 9.80 Å². The summed E-state index contributed by atoms with van der Waals surface area (Å²) in [6, 6.07) is 0. The molecule has 2 saturated heterocycles. The Hall–Kier alpha value is -0.660. The minimum Gasteiger partial charge on any atom is -0.359 e. The fraction of sp³-hybridized carbons (Fsp3) is 0.857. The van der Waals surface area contributed by atoms with Crippen molar-refractivity contribution in [1.29, 1.82) is 0 Å². The maximum Gasteiger partial charge on any atom is 0.0965 e. The second-order valence-corrected chi connectivity index (χ2v) is 5.22. The zero-order chi connectivity index (χ0) is 11.2. The van der Waals surface area contributed by atoms with Gasteiger partial charge in [-0.3, -0.25) is 0 Å². The van der Waals surface area contributed by atoms with Crippen LogP contribution in [-0.4, -0.2) is 36.0 Å². The highest BCUT2D eigenvalue weighted by Crippen LogP contribution is 2.19. The predicted molar refractivity (Wildman–Crippen MR) is 69.2 cm³/mol. The average molecular weight is 222 g/mol. The first kappa shape index (κ1) is 11.8. The topological polar surface area (TPSA) is 6.48 Å². The third-order valence-electron chi connectivity index (χ3n) is 3.94. The summed E-state index contributed by atoms with van der Waals surface area (Å²) >= 11 is 0. The summed E-state index contributed by atoms with van der Waals surface area (Å²) in [6.45, 7) is 9.26. The molecule has 2 aliphatic heterocycles. The molecule has 92 valence electrons. The van der Waals surface area contributed by atoms with Crippen LogP contribution in [-0.2, 0) is 0 Å². The van der Waals surface area contributed by atoms with Gasteiger partial charge in [-0.2, -0.15) is 0 Å². The van der Waals surface area contributed by atoms with E-state index in [2.05, 4.69) is 16.4 Å². The molecule has 0 N–H and O–H groups in total. The molecule has 0 amide bonds. The van der Waals surface area contributed by atoms with Gasteiger partial charge in [0.15, 0.2) is 0 Å². The van der Waals surface area contributed by atoms with Gasteiger partial charge in [-0.05, 0) is 25.7 Å². The van der Waals surface area contributed by atoms with E-state index in [9.17, 15) is 0 Å². The van der Waals surface area contributed by atoms with Crippen molar-refractivity contribution >= 4 is 0 Å². The lowest BCUT2D eigenvalue weighted by Gasteiger charge is -2.34. The Bertz CT molecular complexity index is 187. The molecule has 0 bridgehead atoms. The molecule has 0 aromatic heterocycles. The van der Waals surface area contributed by atoms with Crippen molar-refractivity contribution in [2.75, 3.05) is 26.2 Å². The van der Waals surface area contributed by atoms with Gasteiger partial charge in [-0.1, -0.05) is 32.3 Å². The normalized spacial score (nSPS) is 23.8.